The van der Waals surface area contributed by atoms with Crippen molar-refractivity contribution in [1.29, 1.82) is 0 Å². The molecular formula is C18H17NO8. The fraction of sp³-hybridized carbons (Fsp3) is 0.333. The van der Waals surface area contributed by atoms with Crippen LogP contribution < -0.4 is 5.73 Å². The van der Waals surface area contributed by atoms with Gasteiger partial charge in [0.05, 0.1) is 18.2 Å². The minimum Gasteiger partial charge on any atom is -0.466 e. The van der Waals surface area contributed by atoms with Crippen LogP contribution in [0.15, 0.2) is 35.4 Å². The molecule has 9 heteroatoms. The smallest absolute Gasteiger partial charge is 0.338 e. The van der Waals surface area contributed by atoms with E-state index in [0.29, 0.717) is 5.69 Å². The van der Waals surface area contributed by atoms with Crippen LogP contribution in [0.1, 0.15) is 17.3 Å². The molecule has 1 aromatic carbocycles. The number of Topliss-reactive ketones (excluding diaryl/α,β-unsaturated/α-hetero) is 1. The summed E-state index contributed by atoms with van der Waals surface area (Å²) >= 11 is 0. The zero-order chi connectivity index (χ0) is 19.9. The van der Waals surface area contributed by atoms with E-state index in [2.05, 4.69) is 4.74 Å². The molecule has 142 valence electrons. The molecule has 1 aliphatic carbocycles. The van der Waals surface area contributed by atoms with E-state index in [0.717, 1.165) is 7.11 Å². The number of nitrogens with two attached hydrogens (primary N) is 1. The number of ether oxygens (including phenoxy) is 3. The van der Waals surface area contributed by atoms with E-state index in [1.165, 1.54) is 31.2 Å². The highest BCUT2D eigenvalue weighted by atomic mass is 16.6. The van der Waals surface area contributed by atoms with Crippen LogP contribution >= 0.6 is 0 Å². The molecule has 0 bridgehead atoms. The number of fused-ring (bicyclic) bond motifs is 1. The number of anilines is 1. The average Bonchev–Trinajstić information content (AvgIpc) is 2.83. The van der Waals surface area contributed by atoms with Crippen LogP contribution in [-0.2, 0) is 28.6 Å². The third-order valence-corrected chi connectivity index (χ3v) is 4.63. The summed E-state index contributed by atoms with van der Waals surface area (Å²) in [6.07, 6.45) is -1.69. The molecule has 0 saturated heterocycles. The van der Waals surface area contributed by atoms with E-state index in [9.17, 15) is 24.3 Å². The largest absolute Gasteiger partial charge is 0.466 e. The number of benzene rings is 1. The first-order valence-corrected chi connectivity index (χ1v) is 7.99. The second-order valence-corrected chi connectivity index (χ2v) is 6.42. The molecule has 0 aromatic heterocycles. The number of carbonyl (C=O) groups excluding carboxylic acids is 4. The van der Waals surface area contributed by atoms with Crippen molar-refractivity contribution >= 4 is 29.4 Å². The van der Waals surface area contributed by atoms with E-state index in [4.69, 9.17) is 15.2 Å². The molecule has 1 fully saturated rings. The minimum absolute atomic E-state index is 0.104. The maximum atomic E-state index is 12.8. The van der Waals surface area contributed by atoms with Gasteiger partial charge >= 0.3 is 17.9 Å². The van der Waals surface area contributed by atoms with E-state index in [-0.39, 0.29) is 16.7 Å². The Morgan fingerprint density at radius 2 is 1.85 bits per heavy atom. The van der Waals surface area contributed by atoms with Gasteiger partial charge in [-0.2, -0.15) is 0 Å². The van der Waals surface area contributed by atoms with Gasteiger partial charge in [-0.1, -0.05) is 0 Å². The maximum Gasteiger partial charge on any atom is 0.338 e. The highest BCUT2D eigenvalue weighted by molar-refractivity contribution is 6.15. The Kier molecular flexibility index (Phi) is 4.48. The number of hydrogen-bond donors (Lipinski definition) is 2. The third kappa shape index (κ3) is 2.95. The number of methoxy groups -OCH3 is 1. The standard InChI is InChI=1S/C18H17NO8/c1-18(24)12-11(10(16(22)25-2)7-26-17(12)23)13(20)14(18)27-15(21)8-3-5-9(19)6-4-8/h3-6,12,14,24H,7,19H2,1-2H3/t12-,14+,18-/m1/s1. The van der Waals surface area contributed by atoms with Crippen molar-refractivity contribution in [2.45, 2.75) is 18.6 Å². The van der Waals surface area contributed by atoms with Gasteiger partial charge in [0.15, 0.2) is 6.10 Å². The van der Waals surface area contributed by atoms with Crippen LogP contribution in [0.4, 0.5) is 5.69 Å². The summed E-state index contributed by atoms with van der Waals surface area (Å²) in [5, 5.41) is 10.8. The third-order valence-electron chi connectivity index (χ3n) is 4.63. The second-order valence-electron chi connectivity index (χ2n) is 6.42. The molecule has 27 heavy (non-hydrogen) atoms. The first-order valence-electron chi connectivity index (χ1n) is 7.99. The molecule has 3 rings (SSSR count). The first-order chi connectivity index (χ1) is 12.7. The maximum absolute atomic E-state index is 12.8. The lowest BCUT2D eigenvalue weighted by Gasteiger charge is -2.30. The van der Waals surface area contributed by atoms with Gasteiger partial charge in [-0.25, -0.2) is 9.59 Å². The molecule has 1 aromatic rings. The summed E-state index contributed by atoms with van der Waals surface area (Å²) in [6.45, 7) is 0.711. The van der Waals surface area contributed by atoms with Crippen molar-refractivity contribution in [3.8, 4) is 0 Å². The van der Waals surface area contributed by atoms with Crippen molar-refractivity contribution in [2.24, 2.45) is 5.92 Å². The zero-order valence-electron chi connectivity index (χ0n) is 14.6. The number of esters is 3. The molecule has 0 spiro atoms. The van der Waals surface area contributed by atoms with Crippen molar-refractivity contribution in [1.82, 2.24) is 0 Å². The Labute approximate surface area is 153 Å². The second kappa shape index (κ2) is 6.51. The monoisotopic (exact) mass is 375 g/mol. The molecule has 1 heterocycles. The SMILES string of the molecule is COC(=O)C1=C2C(=O)[C@H](OC(=O)c3ccc(N)cc3)[C@](C)(O)[C@H]2C(=O)OC1. The quantitative estimate of drug-likeness (QED) is 0.416. The number of aliphatic hydroxyl groups is 1. The van der Waals surface area contributed by atoms with E-state index >= 15 is 0 Å². The lowest BCUT2D eigenvalue weighted by Crippen LogP contribution is -2.48. The molecular weight excluding hydrogens is 358 g/mol. The average molecular weight is 375 g/mol. The minimum atomic E-state index is -2.09. The lowest BCUT2D eigenvalue weighted by molar-refractivity contribution is -0.160. The summed E-state index contributed by atoms with van der Waals surface area (Å²) in [5.74, 6) is -4.94. The van der Waals surface area contributed by atoms with Gasteiger partial charge in [0.2, 0.25) is 5.78 Å². The number of rotatable bonds is 3. The number of nitrogen functional groups attached to an aromatic ring is 1. The molecule has 2 aliphatic rings. The Morgan fingerprint density at radius 3 is 2.44 bits per heavy atom. The van der Waals surface area contributed by atoms with Crippen LogP contribution in [0.2, 0.25) is 0 Å². The summed E-state index contributed by atoms with van der Waals surface area (Å²) in [5.41, 5.74) is 3.57. The number of ketones is 1. The van der Waals surface area contributed by atoms with Crippen LogP contribution in [0.3, 0.4) is 0 Å². The summed E-state index contributed by atoms with van der Waals surface area (Å²) in [4.78, 5) is 49.3. The van der Waals surface area contributed by atoms with Gasteiger partial charge in [0.1, 0.15) is 18.1 Å². The summed E-state index contributed by atoms with van der Waals surface area (Å²) in [7, 11) is 1.11. The Balaban J connectivity index is 1.98. The lowest BCUT2D eigenvalue weighted by atomic mass is 9.86. The van der Waals surface area contributed by atoms with E-state index in [1.807, 2.05) is 0 Å². The van der Waals surface area contributed by atoms with Gasteiger partial charge in [0, 0.05) is 11.3 Å². The molecule has 0 radical (unpaired) electrons. The predicted octanol–water partition coefficient (Wildman–Crippen LogP) is -0.230. The molecule has 0 unspecified atom stereocenters. The van der Waals surface area contributed by atoms with Crippen molar-refractivity contribution in [3.63, 3.8) is 0 Å². The molecule has 0 amide bonds. The number of cyclic esters (lactones) is 1. The van der Waals surface area contributed by atoms with Crippen molar-refractivity contribution in [2.75, 3.05) is 19.5 Å². The Bertz CT molecular complexity index is 868. The van der Waals surface area contributed by atoms with E-state index in [1.54, 1.807) is 0 Å². The fourth-order valence-electron chi connectivity index (χ4n) is 3.24. The molecule has 1 aliphatic heterocycles. The Hall–Kier alpha value is -3.20. The molecule has 1 saturated carbocycles. The van der Waals surface area contributed by atoms with Crippen LogP contribution in [-0.4, -0.2) is 54.2 Å². The predicted molar refractivity (Wildman–Crippen MR) is 89.2 cm³/mol. The van der Waals surface area contributed by atoms with E-state index < -0.39 is 47.9 Å². The van der Waals surface area contributed by atoms with Gasteiger partial charge < -0.3 is 25.1 Å². The number of carbonyl (C=O) groups is 4. The molecule has 3 N–H and O–H groups in total. The van der Waals surface area contributed by atoms with Gasteiger partial charge in [0.25, 0.3) is 0 Å². The first kappa shape index (κ1) is 18.6. The highest BCUT2D eigenvalue weighted by Gasteiger charge is 2.62. The molecule has 9 nitrogen and oxygen atoms in total. The number of hydrogen-bond acceptors (Lipinski definition) is 9. The zero-order valence-corrected chi connectivity index (χ0v) is 14.6. The van der Waals surface area contributed by atoms with Gasteiger partial charge in [-0.05, 0) is 31.2 Å². The summed E-state index contributed by atoms with van der Waals surface area (Å²) < 4.78 is 14.7. The van der Waals surface area contributed by atoms with Crippen molar-refractivity contribution < 1.29 is 38.5 Å². The van der Waals surface area contributed by atoms with Gasteiger partial charge in [-0.15, -0.1) is 0 Å². The van der Waals surface area contributed by atoms with Gasteiger partial charge in [-0.3, -0.25) is 9.59 Å². The highest BCUT2D eigenvalue weighted by Crippen LogP contribution is 2.44. The Morgan fingerprint density at radius 1 is 1.22 bits per heavy atom. The fourth-order valence-corrected chi connectivity index (χ4v) is 3.24. The van der Waals surface area contributed by atoms with Crippen LogP contribution in [0.5, 0.6) is 0 Å². The topological polar surface area (TPSA) is 142 Å². The normalized spacial score (nSPS) is 27.1. The van der Waals surface area contributed by atoms with Crippen LogP contribution in [0, 0.1) is 5.92 Å². The van der Waals surface area contributed by atoms with Crippen LogP contribution in [0.25, 0.3) is 0 Å². The van der Waals surface area contributed by atoms with Crippen molar-refractivity contribution in [3.05, 3.63) is 41.0 Å². The molecule has 3 atom stereocenters. The summed E-state index contributed by atoms with van der Waals surface area (Å²) in [6, 6.07) is 5.74.